The monoisotopic (exact) mass is 592 g/mol. The van der Waals surface area contributed by atoms with Gasteiger partial charge in [-0.1, -0.05) is 0 Å². The molecule has 2 N–H and O–H groups in total. The normalized spacial score (nSPS) is 45.1. The minimum absolute atomic E-state index is 0.0608. The molecule has 8 fully saturated rings. The fraction of sp³-hybridized carbons (Fsp3) is 0.926. The average molecular weight is 593 g/mol. The van der Waals surface area contributed by atoms with Crippen LogP contribution < -0.4 is 0 Å². The zero-order valence-electron chi connectivity index (χ0n) is 22.6. The highest BCUT2D eigenvalue weighted by atomic mass is 32.2. The van der Waals surface area contributed by atoms with Crippen molar-refractivity contribution in [3.05, 3.63) is 0 Å². The van der Waals surface area contributed by atoms with Gasteiger partial charge in [-0.05, 0) is 87.9 Å². The van der Waals surface area contributed by atoms with E-state index in [0.29, 0.717) is 43.9 Å². The first kappa shape index (κ1) is 28.7. The van der Waals surface area contributed by atoms with Gasteiger partial charge in [-0.3, -0.25) is 4.55 Å². The Labute approximate surface area is 232 Å². The van der Waals surface area contributed by atoms with Gasteiger partial charge < -0.3 is 24.1 Å². The molecule has 4 atom stereocenters. The Bertz CT molecular complexity index is 1150. The van der Waals surface area contributed by atoms with E-state index in [1.807, 2.05) is 0 Å². The predicted octanol–water partition coefficient (Wildman–Crippen LogP) is 3.01. The fourth-order valence-electron chi connectivity index (χ4n) is 9.89. The molecule has 0 spiro atoms. The Balaban J connectivity index is 1.06. The summed E-state index contributed by atoms with van der Waals surface area (Å²) in [5.74, 6) is -0.472. The molecular formula is C27H38F2O10S. The highest BCUT2D eigenvalue weighted by Crippen LogP contribution is 2.62. The third-order valence-electron chi connectivity index (χ3n) is 10.8. The number of alkyl halides is 2. The van der Waals surface area contributed by atoms with Crippen molar-refractivity contribution in [3.63, 3.8) is 0 Å². The zero-order valence-corrected chi connectivity index (χ0v) is 23.4. The van der Waals surface area contributed by atoms with Gasteiger partial charge >= 0.3 is 27.3 Å². The van der Waals surface area contributed by atoms with Crippen molar-refractivity contribution in [3.8, 4) is 0 Å². The van der Waals surface area contributed by atoms with Crippen LogP contribution in [0.5, 0.6) is 0 Å². The van der Waals surface area contributed by atoms with Crippen molar-refractivity contribution in [2.45, 2.75) is 105 Å². The summed E-state index contributed by atoms with van der Waals surface area (Å²) < 4.78 is 79.6. The molecule has 0 amide bonds. The van der Waals surface area contributed by atoms with E-state index in [0.717, 1.165) is 37.5 Å². The SMILES string of the molecule is CC1(OC(=O)COC23CC4CC(O)(CC(OCCOC(=O)C(F)(F)S(=O)(=O)O)(C4)C2)C3)C2CC3CC(C2)CC1C3. The van der Waals surface area contributed by atoms with E-state index in [1.165, 1.54) is 6.42 Å². The minimum Gasteiger partial charge on any atom is -0.458 e. The van der Waals surface area contributed by atoms with E-state index in [9.17, 15) is 31.9 Å². The van der Waals surface area contributed by atoms with Gasteiger partial charge in [0.2, 0.25) is 0 Å². The van der Waals surface area contributed by atoms with Crippen LogP contribution in [0.25, 0.3) is 0 Å². The van der Waals surface area contributed by atoms with Crippen LogP contribution in [-0.2, 0) is 38.7 Å². The van der Waals surface area contributed by atoms with Gasteiger partial charge in [-0.2, -0.15) is 17.2 Å². The van der Waals surface area contributed by atoms with Crippen LogP contribution >= 0.6 is 0 Å². The molecule has 4 unspecified atom stereocenters. The van der Waals surface area contributed by atoms with E-state index in [1.54, 1.807) is 0 Å². The molecule has 226 valence electrons. The number of esters is 2. The van der Waals surface area contributed by atoms with Crippen LogP contribution in [-0.4, -0.2) is 77.5 Å². The molecule has 8 aliphatic rings. The number of rotatable bonds is 10. The Hall–Kier alpha value is -1.41. The topological polar surface area (TPSA) is 146 Å². The largest absolute Gasteiger partial charge is 0.465 e. The maximum absolute atomic E-state index is 13.4. The lowest BCUT2D eigenvalue weighted by molar-refractivity contribution is -0.283. The van der Waals surface area contributed by atoms with E-state index < -0.39 is 56.3 Å². The van der Waals surface area contributed by atoms with Crippen molar-refractivity contribution in [2.24, 2.45) is 29.6 Å². The highest BCUT2D eigenvalue weighted by molar-refractivity contribution is 7.87. The number of hydrogen-bond donors (Lipinski definition) is 2. The van der Waals surface area contributed by atoms with Gasteiger partial charge in [0, 0.05) is 19.3 Å². The summed E-state index contributed by atoms with van der Waals surface area (Å²) in [7, 11) is -5.96. The molecule has 8 rings (SSSR count). The van der Waals surface area contributed by atoms with Gasteiger partial charge in [-0.25, -0.2) is 9.59 Å². The molecule has 0 aromatic rings. The minimum atomic E-state index is -5.96. The molecule has 40 heavy (non-hydrogen) atoms. The molecule has 0 saturated heterocycles. The second kappa shape index (κ2) is 9.29. The van der Waals surface area contributed by atoms with Gasteiger partial charge in [0.1, 0.15) is 18.8 Å². The van der Waals surface area contributed by atoms with Crippen LogP contribution in [0.15, 0.2) is 0 Å². The third-order valence-corrected chi connectivity index (χ3v) is 11.6. The van der Waals surface area contributed by atoms with Crippen molar-refractivity contribution in [1.82, 2.24) is 0 Å². The summed E-state index contributed by atoms with van der Waals surface area (Å²) in [6, 6.07) is 0. The lowest BCUT2D eigenvalue weighted by Crippen LogP contribution is -2.67. The third kappa shape index (κ3) is 4.87. The molecule has 0 aliphatic heterocycles. The molecule has 0 radical (unpaired) electrons. The summed E-state index contributed by atoms with van der Waals surface area (Å²) >= 11 is 0. The number of hydrogen-bond acceptors (Lipinski definition) is 9. The van der Waals surface area contributed by atoms with Crippen LogP contribution in [0.1, 0.15) is 77.6 Å². The van der Waals surface area contributed by atoms with Crippen molar-refractivity contribution >= 4 is 22.1 Å². The van der Waals surface area contributed by atoms with Gasteiger partial charge in [0.25, 0.3) is 0 Å². The van der Waals surface area contributed by atoms with E-state index in [2.05, 4.69) is 11.7 Å². The summed E-state index contributed by atoms with van der Waals surface area (Å²) in [5.41, 5.74) is -3.23. The first-order valence-corrected chi connectivity index (χ1v) is 15.7. The molecule has 0 aromatic carbocycles. The first-order valence-electron chi connectivity index (χ1n) is 14.3. The number of halogens is 2. The maximum atomic E-state index is 13.4. The highest BCUT2D eigenvalue weighted by Gasteiger charge is 2.65. The summed E-state index contributed by atoms with van der Waals surface area (Å²) in [5, 5.41) is 6.24. The summed E-state index contributed by atoms with van der Waals surface area (Å²) in [4.78, 5) is 24.6. The average Bonchev–Trinajstić information content (AvgIpc) is 2.81. The van der Waals surface area contributed by atoms with E-state index in [4.69, 9.17) is 18.8 Å². The quantitative estimate of drug-likeness (QED) is 0.221. The molecule has 0 heterocycles. The Kier molecular flexibility index (Phi) is 6.67. The Morgan fingerprint density at radius 1 is 0.875 bits per heavy atom. The Morgan fingerprint density at radius 3 is 2.00 bits per heavy atom. The van der Waals surface area contributed by atoms with Crippen molar-refractivity contribution in [2.75, 3.05) is 19.8 Å². The Morgan fingerprint density at radius 2 is 1.45 bits per heavy atom. The van der Waals surface area contributed by atoms with Gasteiger partial charge in [0.15, 0.2) is 0 Å². The molecule has 8 saturated carbocycles. The van der Waals surface area contributed by atoms with Crippen LogP contribution in [0.4, 0.5) is 8.78 Å². The maximum Gasteiger partial charge on any atom is 0.465 e. The van der Waals surface area contributed by atoms with Crippen LogP contribution in [0.2, 0.25) is 0 Å². The first-order chi connectivity index (χ1) is 18.5. The molecular weight excluding hydrogens is 554 g/mol. The molecule has 0 aromatic heterocycles. The summed E-state index contributed by atoms with van der Waals surface area (Å²) in [6.07, 6.45) is 8.53. The smallest absolute Gasteiger partial charge is 0.458 e. The summed E-state index contributed by atoms with van der Waals surface area (Å²) in [6.45, 7) is 0.852. The fourth-order valence-corrected chi connectivity index (χ4v) is 10.2. The number of aliphatic hydroxyl groups is 1. The number of carbonyl (C=O) groups is 2. The lowest BCUT2D eigenvalue weighted by atomic mass is 9.50. The molecule has 10 nitrogen and oxygen atoms in total. The molecule has 8 aliphatic carbocycles. The predicted molar refractivity (Wildman–Crippen MR) is 133 cm³/mol. The number of carbonyl (C=O) groups excluding carboxylic acids is 2. The van der Waals surface area contributed by atoms with Gasteiger partial charge in [-0.15, -0.1) is 0 Å². The number of ether oxygens (including phenoxy) is 4. The second-order valence-electron chi connectivity index (χ2n) is 13.8. The van der Waals surface area contributed by atoms with Crippen LogP contribution in [0.3, 0.4) is 0 Å². The van der Waals surface area contributed by atoms with Crippen molar-refractivity contribution < 1.29 is 55.4 Å². The molecule has 8 bridgehead atoms. The zero-order chi connectivity index (χ0) is 28.8. The van der Waals surface area contributed by atoms with E-state index in [-0.39, 0.29) is 25.6 Å². The molecule has 13 heteroatoms. The standard InChI is InChI=1S/C27H38F2O10S/c1-23(19-5-16-4-17(7-19)8-20(23)6-16)39-21(30)12-38-26-11-18-9-24(32,14-26)13-25(10-18,15-26)37-3-2-36-22(31)27(28,29)40(33,34)35/h16-20,32H,2-15H2,1H3,(H,33,34,35). The van der Waals surface area contributed by atoms with E-state index >= 15 is 0 Å². The van der Waals surface area contributed by atoms with Crippen LogP contribution in [0, 0.1) is 29.6 Å². The van der Waals surface area contributed by atoms with Gasteiger partial charge in [0.05, 0.1) is 23.4 Å². The van der Waals surface area contributed by atoms with Crippen molar-refractivity contribution in [1.29, 1.82) is 0 Å². The second-order valence-corrected chi connectivity index (χ2v) is 15.3. The lowest BCUT2D eigenvalue weighted by Gasteiger charge is -2.64.